The standard InChI is InChI=1S/C18H26N2O2/c1-18(2)12-15(14-10-6-7-11-16(14)22-18)20-17(21)19-13-8-4-3-5-9-13/h6-7,10-11,13,15H,3-5,8-9,12H2,1-2H3,(H2,19,20,21). The van der Waals surface area contributed by atoms with Crippen LogP contribution in [0.1, 0.15) is 64.0 Å². The average Bonchev–Trinajstić information content (AvgIpc) is 2.47. The number of amides is 2. The molecule has 1 aliphatic heterocycles. The second kappa shape index (κ2) is 6.19. The second-order valence-corrected chi connectivity index (χ2v) is 7.11. The van der Waals surface area contributed by atoms with Crippen molar-refractivity contribution in [2.24, 2.45) is 0 Å². The Labute approximate surface area is 132 Å². The molecule has 120 valence electrons. The third kappa shape index (κ3) is 3.54. The van der Waals surface area contributed by atoms with Crippen LogP contribution in [0.3, 0.4) is 0 Å². The fourth-order valence-corrected chi connectivity index (χ4v) is 3.56. The van der Waals surface area contributed by atoms with Crippen LogP contribution in [0, 0.1) is 0 Å². The van der Waals surface area contributed by atoms with Crippen molar-refractivity contribution in [3.8, 4) is 5.75 Å². The Morgan fingerprint density at radius 3 is 2.64 bits per heavy atom. The van der Waals surface area contributed by atoms with Gasteiger partial charge in [0.15, 0.2) is 0 Å². The van der Waals surface area contributed by atoms with Crippen LogP contribution in [0.25, 0.3) is 0 Å². The number of para-hydroxylation sites is 1. The fourth-order valence-electron chi connectivity index (χ4n) is 3.56. The van der Waals surface area contributed by atoms with E-state index in [1.165, 1.54) is 19.3 Å². The van der Waals surface area contributed by atoms with Crippen LogP contribution < -0.4 is 15.4 Å². The topological polar surface area (TPSA) is 50.4 Å². The van der Waals surface area contributed by atoms with Gasteiger partial charge in [0.25, 0.3) is 0 Å². The quantitative estimate of drug-likeness (QED) is 0.870. The molecule has 1 aromatic rings. The number of benzene rings is 1. The summed E-state index contributed by atoms with van der Waals surface area (Å²) in [5.41, 5.74) is 0.803. The van der Waals surface area contributed by atoms with Gasteiger partial charge in [-0.05, 0) is 32.8 Å². The number of fused-ring (bicyclic) bond motifs is 1. The summed E-state index contributed by atoms with van der Waals surface area (Å²) in [6.45, 7) is 4.13. The van der Waals surface area contributed by atoms with Crippen LogP contribution in [0.2, 0.25) is 0 Å². The summed E-state index contributed by atoms with van der Waals surface area (Å²) in [4.78, 5) is 12.3. The van der Waals surface area contributed by atoms with E-state index in [2.05, 4.69) is 24.5 Å². The maximum atomic E-state index is 12.3. The summed E-state index contributed by atoms with van der Waals surface area (Å²) in [6.07, 6.45) is 6.71. The molecular formula is C18H26N2O2. The predicted molar refractivity (Wildman–Crippen MR) is 87.0 cm³/mol. The van der Waals surface area contributed by atoms with Crippen LogP contribution in [-0.4, -0.2) is 17.7 Å². The highest BCUT2D eigenvalue weighted by Gasteiger charge is 2.34. The predicted octanol–water partition coefficient (Wildman–Crippen LogP) is 3.92. The molecule has 1 saturated carbocycles. The summed E-state index contributed by atoms with van der Waals surface area (Å²) in [5, 5.41) is 6.28. The number of carbonyl (C=O) groups is 1. The lowest BCUT2D eigenvalue weighted by atomic mass is 9.90. The third-order valence-electron chi connectivity index (χ3n) is 4.62. The first-order chi connectivity index (χ1) is 10.5. The van der Waals surface area contributed by atoms with E-state index in [-0.39, 0.29) is 17.7 Å². The van der Waals surface area contributed by atoms with Gasteiger partial charge in [-0.2, -0.15) is 0 Å². The molecule has 0 bridgehead atoms. The van der Waals surface area contributed by atoms with Gasteiger partial charge < -0.3 is 15.4 Å². The van der Waals surface area contributed by atoms with E-state index >= 15 is 0 Å². The smallest absolute Gasteiger partial charge is 0.315 e. The molecule has 1 unspecified atom stereocenters. The van der Waals surface area contributed by atoms with Crippen molar-refractivity contribution in [3.63, 3.8) is 0 Å². The highest BCUT2D eigenvalue weighted by atomic mass is 16.5. The minimum Gasteiger partial charge on any atom is -0.487 e. The first-order valence-corrected chi connectivity index (χ1v) is 8.38. The zero-order valence-electron chi connectivity index (χ0n) is 13.5. The molecule has 3 rings (SSSR count). The molecule has 4 nitrogen and oxygen atoms in total. The Balaban J connectivity index is 1.67. The molecule has 4 heteroatoms. The summed E-state index contributed by atoms with van der Waals surface area (Å²) in [7, 11) is 0. The SMILES string of the molecule is CC1(C)CC(NC(=O)NC2CCCCC2)c2ccccc2O1. The van der Waals surface area contributed by atoms with Crippen LogP contribution in [0.4, 0.5) is 4.79 Å². The molecule has 1 fully saturated rings. The van der Waals surface area contributed by atoms with Gasteiger partial charge in [-0.3, -0.25) is 0 Å². The van der Waals surface area contributed by atoms with Gasteiger partial charge in [0.05, 0.1) is 6.04 Å². The van der Waals surface area contributed by atoms with E-state index in [4.69, 9.17) is 4.74 Å². The second-order valence-electron chi connectivity index (χ2n) is 7.11. The van der Waals surface area contributed by atoms with Gasteiger partial charge in [-0.25, -0.2) is 4.79 Å². The van der Waals surface area contributed by atoms with Gasteiger partial charge in [0.2, 0.25) is 0 Å². The van der Waals surface area contributed by atoms with E-state index in [9.17, 15) is 4.79 Å². The van der Waals surface area contributed by atoms with Crippen LogP contribution in [0.15, 0.2) is 24.3 Å². The zero-order chi connectivity index (χ0) is 15.6. The molecule has 2 amide bonds. The Morgan fingerprint density at radius 1 is 1.14 bits per heavy atom. The minimum atomic E-state index is -0.267. The highest BCUT2D eigenvalue weighted by Crippen LogP contribution is 2.39. The minimum absolute atomic E-state index is 0.00328. The number of urea groups is 1. The number of hydrogen-bond donors (Lipinski definition) is 2. The first kappa shape index (κ1) is 15.2. The monoisotopic (exact) mass is 302 g/mol. The maximum absolute atomic E-state index is 12.3. The first-order valence-electron chi connectivity index (χ1n) is 8.38. The van der Waals surface area contributed by atoms with E-state index < -0.39 is 0 Å². The van der Waals surface area contributed by atoms with Crippen molar-refractivity contribution in [1.82, 2.24) is 10.6 Å². The van der Waals surface area contributed by atoms with Gasteiger partial charge in [0, 0.05) is 18.0 Å². The molecular weight excluding hydrogens is 276 g/mol. The Hall–Kier alpha value is -1.71. The van der Waals surface area contributed by atoms with Crippen molar-refractivity contribution < 1.29 is 9.53 Å². The van der Waals surface area contributed by atoms with Crippen LogP contribution in [-0.2, 0) is 0 Å². The third-order valence-corrected chi connectivity index (χ3v) is 4.62. The molecule has 0 radical (unpaired) electrons. The molecule has 2 N–H and O–H groups in total. The lowest BCUT2D eigenvalue weighted by Gasteiger charge is -2.38. The largest absolute Gasteiger partial charge is 0.487 e. The van der Waals surface area contributed by atoms with Crippen molar-refractivity contribution in [3.05, 3.63) is 29.8 Å². The highest BCUT2D eigenvalue weighted by molar-refractivity contribution is 5.75. The van der Waals surface area contributed by atoms with Crippen molar-refractivity contribution in [2.45, 2.75) is 70.1 Å². The molecule has 22 heavy (non-hydrogen) atoms. The molecule has 2 aliphatic rings. The Morgan fingerprint density at radius 2 is 1.86 bits per heavy atom. The maximum Gasteiger partial charge on any atom is 0.315 e. The molecule has 1 atom stereocenters. The van der Waals surface area contributed by atoms with Crippen molar-refractivity contribution >= 4 is 6.03 Å². The molecule has 0 aromatic heterocycles. The summed E-state index contributed by atoms with van der Waals surface area (Å²) in [6, 6.07) is 8.26. The number of nitrogens with one attached hydrogen (secondary N) is 2. The summed E-state index contributed by atoms with van der Waals surface area (Å²) in [5.74, 6) is 0.877. The summed E-state index contributed by atoms with van der Waals surface area (Å²) < 4.78 is 6.01. The van der Waals surface area contributed by atoms with E-state index in [1.807, 2.05) is 24.3 Å². The van der Waals surface area contributed by atoms with E-state index in [1.54, 1.807) is 0 Å². The lowest BCUT2D eigenvalue weighted by molar-refractivity contribution is 0.0677. The Bertz CT molecular complexity index is 536. The molecule has 1 aromatic carbocycles. The van der Waals surface area contributed by atoms with Crippen LogP contribution >= 0.6 is 0 Å². The molecule has 1 heterocycles. The number of hydrogen-bond acceptors (Lipinski definition) is 2. The molecule has 0 spiro atoms. The van der Waals surface area contributed by atoms with Crippen molar-refractivity contribution in [1.29, 1.82) is 0 Å². The lowest BCUT2D eigenvalue weighted by Crippen LogP contribution is -2.47. The van der Waals surface area contributed by atoms with Crippen LogP contribution in [0.5, 0.6) is 5.75 Å². The van der Waals surface area contributed by atoms with Crippen molar-refractivity contribution in [2.75, 3.05) is 0 Å². The zero-order valence-corrected chi connectivity index (χ0v) is 13.5. The van der Waals surface area contributed by atoms with Gasteiger partial charge in [-0.15, -0.1) is 0 Å². The molecule has 0 saturated heterocycles. The number of carbonyl (C=O) groups excluding carboxylic acids is 1. The van der Waals surface area contributed by atoms with E-state index in [0.717, 1.165) is 30.6 Å². The van der Waals surface area contributed by atoms with Gasteiger partial charge in [0.1, 0.15) is 11.4 Å². The van der Waals surface area contributed by atoms with Gasteiger partial charge >= 0.3 is 6.03 Å². The fraction of sp³-hybridized carbons (Fsp3) is 0.611. The normalized spacial score (nSPS) is 24.0. The Kier molecular flexibility index (Phi) is 4.27. The molecule has 1 aliphatic carbocycles. The average molecular weight is 302 g/mol. The number of ether oxygens (including phenoxy) is 1. The van der Waals surface area contributed by atoms with Gasteiger partial charge in [-0.1, -0.05) is 37.5 Å². The number of rotatable bonds is 2. The summed E-state index contributed by atoms with van der Waals surface area (Å²) >= 11 is 0. The van der Waals surface area contributed by atoms with E-state index in [0.29, 0.717) is 6.04 Å².